The molecule has 2 aromatic carbocycles. The van der Waals surface area contributed by atoms with Crippen molar-refractivity contribution in [1.82, 2.24) is 0 Å². The van der Waals surface area contributed by atoms with Crippen LogP contribution >= 0.6 is 15.9 Å². The number of halogens is 3. The van der Waals surface area contributed by atoms with E-state index < -0.39 is 6.04 Å². The molecule has 3 N–H and O–H groups in total. The predicted octanol–water partition coefficient (Wildman–Crippen LogP) is 3.84. The van der Waals surface area contributed by atoms with Crippen molar-refractivity contribution in [2.75, 3.05) is 11.9 Å². The molecule has 0 aliphatic heterocycles. The Morgan fingerprint density at radius 1 is 1.16 bits per heavy atom. The van der Waals surface area contributed by atoms with E-state index in [1.165, 1.54) is 18.2 Å². The summed E-state index contributed by atoms with van der Waals surface area (Å²) in [5, 5.41) is 3.03. The number of anilines is 1. The predicted molar refractivity (Wildman–Crippen MR) is 75.9 cm³/mol. The lowest BCUT2D eigenvalue weighted by Gasteiger charge is -2.19. The molecule has 0 amide bonds. The quantitative estimate of drug-likeness (QED) is 0.895. The van der Waals surface area contributed by atoms with Crippen LogP contribution in [0.2, 0.25) is 0 Å². The first-order valence-electron chi connectivity index (χ1n) is 5.77. The molecule has 2 nitrogen and oxygen atoms in total. The Hall–Kier alpha value is -1.46. The fourth-order valence-electron chi connectivity index (χ4n) is 1.83. The van der Waals surface area contributed by atoms with Crippen molar-refractivity contribution < 1.29 is 8.78 Å². The fraction of sp³-hybridized carbons (Fsp3) is 0.143. The molecule has 0 aromatic heterocycles. The van der Waals surface area contributed by atoms with Gasteiger partial charge in [0.2, 0.25) is 0 Å². The standard InChI is InChI=1S/C14H13BrF2N2/c15-9-4-5-12(13(17)6-9)14(8-18)19-11-3-1-2-10(16)7-11/h1-7,14,19H,8,18H2. The second-order valence-electron chi connectivity index (χ2n) is 4.11. The van der Waals surface area contributed by atoms with E-state index in [9.17, 15) is 8.78 Å². The maximum Gasteiger partial charge on any atom is 0.129 e. The number of hydrogen-bond acceptors (Lipinski definition) is 2. The first kappa shape index (κ1) is 14.0. The van der Waals surface area contributed by atoms with Crippen LogP contribution in [0.3, 0.4) is 0 Å². The van der Waals surface area contributed by atoms with E-state index in [1.54, 1.807) is 24.3 Å². The normalized spacial score (nSPS) is 12.2. The van der Waals surface area contributed by atoms with Crippen molar-refractivity contribution in [3.63, 3.8) is 0 Å². The second kappa shape index (κ2) is 6.12. The highest BCUT2D eigenvalue weighted by atomic mass is 79.9. The minimum absolute atomic E-state index is 0.203. The van der Waals surface area contributed by atoms with E-state index in [0.717, 1.165) is 0 Å². The number of rotatable bonds is 4. The Morgan fingerprint density at radius 3 is 2.58 bits per heavy atom. The van der Waals surface area contributed by atoms with Gasteiger partial charge in [0.05, 0.1) is 6.04 Å². The highest BCUT2D eigenvalue weighted by Crippen LogP contribution is 2.24. The molecule has 2 aromatic rings. The lowest BCUT2D eigenvalue weighted by Crippen LogP contribution is -2.21. The molecule has 2 rings (SSSR count). The average molecular weight is 327 g/mol. The lowest BCUT2D eigenvalue weighted by atomic mass is 10.1. The number of benzene rings is 2. The Morgan fingerprint density at radius 2 is 1.95 bits per heavy atom. The van der Waals surface area contributed by atoms with Gasteiger partial charge in [-0.1, -0.05) is 28.1 Å². The molecule has 0 spiro atoms. The highest BCUT2D eigenvalue weighted by Gasteiger charge is 2.14. The second-order valence-corrected chi connectivity index (χ2v) is 5.02. The van der Waals surface area contributed by atoms with Crippen LogP contribution in [0.25, 0.3) is 0 Å². The minimum Gasteiger partial charge on any atom is -0.377 e. The molecule has 0 aliphatic rings. The smallest absolute Gasteiger partial charge is 0.129 e. The van der Waals surface area contributed by atoms with E-state index in [-0.39, 0.29) is 18.2 Å². The molecular weight excluding hydrogens is 314 g/mol. The number of nitrogens with one attached hydrogen (secondary N) is 1. The minimum atomic E-state index is -0.408. The summed E-state index contributed by atoms with van der Waals surface area (Å²) in [6, 6.07) is 10.4. The van der Waals surface area contributed by atoms with E-state index in [4.69, 9.17) is 5.73 Å². The van der Waals surface area contributed by atoms with Crippen molar-refractivity contribution in [3.05, 3.63) is 64.1 Å². The van der Waals surface area contributed by atoms with Gasteiger partial charge in [0, 0.05) is 22.3 Å². The van der Waals surface area contributed by atoms with E-state index in [1.807, 2.05) is 0 Å². The Bertz CT molecular complexity index is 575. The average Bonchev–Trinajstić information content (AvgIpc) is 2.37. The molecule has 100 valence electrons. The first-order chi connectivity index (χ1) is 9.10. The third-order valence-corrected chi connectivity index (χ3v) is 3.23. The lowest BCUT2D eigenvalue weighted by molar-refractivity contribution is 0.592. The molecule has 0 aliphatic carbocycles. The SMILES string of the molecule is NCC(Nc1cccc(F)c1)c1ccc(Br)cc1F. The van der Waals surface area contributed by atoms with Crippen LogP contribution in [0.5, 0.6) is 0 Å². The van der Waals surface area contributed by atoms with Crippen LogP contribution in [0.1, 0.15) is 11.6 Å². The zero-order chi connectivity index (χ0) is 13.8. The van der Waals surface area contributed by atoms with E-state index in [2.05, 4.69) is 21.2 Å². The maximum absolute atomic E-state index is 13.9. The zero-order valence-electron chi connectivity index (χ0n) is 10.0. The van der Waals surface area contributed by atoms with Gasteiger partial charge in [-0.3, -0.25) is 0 Å². The molecule has 0 fully saturated rings. The molecule has 19 heavy (non-hydrogen) atoms. The molecule has 0 bridgehead atoms. The van der Waals surface area contributed by atoms with Crippen LogP contribution in [0.15, 0.2) is 46.9 Å². The van der Waals surface area contributed by atoms with Crippen LogP contribution < -0.4 is 11.1 Å². The number of hydrogen-bond donors (Lipinski definition) is 2. The van der Waals surface area contributed by atoms with Crippen LogP contribution in [-0.2, 0) is 0 Å². The summed E-state index contributed by atoms with van der Waals surface area (Å²) in [4.78, 5) is 0. The van der Waals surface area contributed by atoms with Gasteiger partial charge in [-0.15, -0.1) is 0 Å². The summed E-state index contributed by atoms with van der Waals surface area (Å²) < 4.78 is 27.6. The van der Waals surface area contributed by atoms with Crippen molar-refractivity contribution in [2.24, 2.45) is 5.73 Å². The summed E-state index contributed by atoms with van der Waals surface area (Å²) in [5.74, 6) is -0.703. The Balaban J connectivity index is 2.25. The Kier molecular flexibility index (Phi) is 4.50. The monoisotopic (exact) mass is 326 g/mol. The summed E-state index contributed by atoms with van der Waals surface area (Å²) >= 11 is 3.20. The largest absolute Gasteiger partial charge is 0.377 e. The summed E-state index contributed by atoms with van der Waals surface area (Å²) in [6.45, 7) is 0.203. The van der Waals surface area contributed by atoms with Gasteiger partial charge < -0.3 is 11.1 Å². The molecule has 0 heterocycles. The van der Waals surface area contributed by atoms with E-state index in [0.29, 0.717) is 15.7 Å². The first-order valence-corrected chi connectivity index (χ1v) is 6.56. The molecule has 1 atom stereocenters. The van der Waals surface area contributed by atoms with Crippen LogP contribution in [0, 0.1) is 11.6 Å². The van der Waals surface area contributed by atoms with Crippen LogP contribution in [-0.4, -0.2) is 6.54 Å². The molecule has 0 saturated heterocycles. The van der Waals surface area contributed by atoms with Gasteiger partial charge >= 0.3 is 0 Å². The van der Waals surface area contributed by atoms with Gasteiger partial charge in [0.15, 0.2) is 0 Å². The fourth-order valence-corrected chi connectivity index (χ4v) is 2.16. The van der Waals surface area contributed by atoms with Gasteiger partial charge in [-0.2, -0.15) is 0 Å². The van der Waals surface area contributed by atoms with Crippen molar-refractivity contribution in [3.8, 4) is 0 Å². The maximum atomic E-state index is 13.9. The Labute approximate surface area is 118 Å². The summed E-state index contributed by atoms with van der Waals surface area (Å²) in [5.41, 5.74) is 6.68. The molecule has 1 unspecified atom stereocenters. The topological polar surface area (TPSA) is 38.0 Å². The van der Waals surface area contributed by atoms with Crippen molar-refractivity contribution in [1.29, 1.82) is 0 Å². The number of nitrogens with two attached hydrogens (primary N) is 1. The summed E-state index contributed by atoms with van der Waals surface area (Å²) in [7, 11) is 0. The van der Waals surface area contributed by atoms with E-state index >= 15 is 0 Å². The zero-order valence-corrected chi connectivity index (χ0v) is 11.6. The third-order valence-electron chi connectivity index (χ3n) is 2.74. The van der Waals surface area contributed by atoms with Crippen molar-refractivity contribution in [2.45, 2.75) is 6.04 Å². The molecule has 5 heteroatoms. The van der Waals surface area contributed by atoms with Crippen LogP contribution in [0.4, 0.5) is 14.5 Å². The molecule has 0 radical (unpaired) electrons. The molecular formula is C14H13BrF2N2. The third kappa shape index (κ3) is 3.52. The molecule has 0 saturated carbocycles. The van der Waals surface area contributed by atoms with Gasteiger partial charge in [0.25, 0.3) is 0 Å². The van der Waals surface area contributed by atoms with Gasteiger partial charge in [-0.05, 0) is 30.3 Å². The summed E-state index contributed by atoms with van der Waals surface area (Å²) in [6.07, 6.45) is 0. The van der Waals surface area contributed by atoms with Gasteiger partial charge in [-0.25, -0.2) is 8.78 Å². The highest BCUT2D eigenvalue weighted by molar-refractivity contribution is 9.10. The van der Waals surface area contributed by atoms with Crippen molar-refractivity contribution >= 4 is 21.6 Å². The van der Waals surface area contributed by atoms with Gasteiger partial charge in [0.1, 0.15) is 11.6 Å².